The van der Waals surface area contributed by atoms with Gasteiger partial charge in [-0.05, 0) is 6.07 Å². The SMILES string of the molecule is C=CC(O)c1cnccc1N. The van der Waals surface area contributed by atoms with E-state index in [-0.39, 0.29) is 0 Å². The average molecular weight is 150 g/mol. The molecule has 0 aliphatic rings. The Hall–Kier alpha value is -1.35. The van der Waals surface area contributed by atoms with Gasteiger partial charge in [0.1, 0.15) is 6.10 Å². The fourth-order valence-corrected chi connectivity index (χ4v) is 0.792. The first-order chi connectivity index (χ1) is 5.25. The van der Waals surface area contributed by atoms with Crippen LogP contribution < -0.4 is 5.73 Å². The summed E-state index contributed by atoms with van der Waals surface area (Å²) >= 11 is 0. The molecule has 3 nitrogen and oxygen atoms in total. The summed E-state index contributed by atoms with van der Waals surface area (Å²) in [6, 6.07) is 1.64. The Labute approximate surface area is 65.2 Å². The first-order valence-corrected chi connectivity index (χ1v) is 3.25. The van der Waals surface area contributed by atoms with Gasteiger partial charge in [-0.15, -0.1) is 6.58 Å². The van der Waals surface area contributed by atoms with Crippen molar-refractivity contribution in [3.63, 3.8) is 0 Å². The molecule has 0 spiro atoms. The number of pyridine rings is 1. The molecule has 0 fully saturated rings. The van der Waals surface area contributed by atoms with Crippen LogP contribution in [0.4, 0.5) is 5.69 Å². The Kier molecular flexibility index (Phi) is 2.23. The normalized spacial score (nSPS) is 12.5. The van der Waals surface area contributed by atoms with Crippen molar-refractivity contribution in [2.24, 2.45) is 0 Å². The molecule has 58 valence electrons. The van der Waals surface area contributed by atoms with Gasteiger partial charge >= 0.3 is 0 Å². The molecule has 3 N–H and O–H groups in total. The zero-order chi connectivity index (χ0) is 8.27. The second kappa shape index (κ2) is 3.16. The van der Waals surface area contributed by atoms with Crippen LogP contribution in [0.2, 0.25) is 0 Å². The van der Waals surface area contributed by atoms with Crippen LogP contribution in [0, 0.1) is 0 Å². The van der Waals surface area contributed by atoms with Crippen molar-refractivity contribution in [1.29, 1.82) is 0 Å². The zero-order valence-electron chi connectivity index (χ0n) is 6.07. The Balaban J connectivity index is 3.02. The molecule has 0 amide bonds. The molecule has 1 heterocycles. The van der Waals surface area contributed by atoms with Crippen LogP contribution in [0.25, 0.3) is 0 Å². The van der Waals surface area contributed by atoms with Gasteiger partial charge < -0.3 is 10.8 Å². The molecule has 3 heteroatoms. The van der Waals surface area contributed by atoms with Crippen molar-refractivity contribution in [1.82, 2.24) is 4.98 Å². The summed E-state index contributed by atoms with van der Waals surface area (Å²) in [5.41, 5.74) is 6.68. The summed E-state index contributed by atoms with van der Waals surface area (Å²) in [4.78, 5) is 3.83. The van der Waals surface area contributed by atoms with Gasteiger partial charge in [0.05, 0.1) is 0 Å². The summed E-state index contributed by atoms with van der Waals surface area (Å²) in [7, 11) is 0. The number of hydrogen-bond acceptors (Lipinski definition) is 3. The van der Waals surface area contributed by atoms with Gasteiger partial charge in [-0.3, -0.25) is 4.98 Å². The minimum Gasteiger partial charge on any atom is -0.398 e. The van der Waals surface area contributed by atoms with E-state index in [4.69, 9.17) is 5.73 Å². The Bertz CT molecular complexity index is 260. The largest absolute Gasteiger partial charge is 0.398 e. The van der Waals surface area contributed by atoms with Crippen molar-refractivity contribution in [3.8, 4) is 0 Å². The van der Waals surface area contributed by atoms with Crippen LogP contribution in [-0.2, 0) is 0 Å². The lowest BCUT2D eigenvalue weighted by atomic mass is 10.1. The second-order valence-electron chi connectivity index (χ2n) is 2.19. The molecule has 0 bridgehead atoms. The first kappa shape index (κ1) is 7.75. The summed E-state index contributed by atoms with van der Waals surface area (Å²) < 4.78 is 0. The third-order valence-electron chi connectivity index (χ3n) is 1.43. The molecule has 11 heavy (non-hydrogen) atoms. The minimum absolute atomic E-state index is 0.535. The summed E-state index contributed by atoms with van der Waals surface area (Å²) in [5.74, 6) is 0. The molecule has 0 aromatic carbocycles. The van der Waals surface area contributed by atoms with Crippen molar-refractivity contribution in [2.45, 2.75) is 6.10 Å². The van der Waals surface area contributed by atoms with Crippen molar-refractivity contribution >= 4 is 5.69 Å². The van der Waals surface area contributed by atoms with Crippen LogP contribution in [0.3, 0.4) is 0 Å². The highest BCUT2D eigenvalue weighted by Gasteiger charge is 2.05. The van der Waals surface area contributed by atoms with Crippen LogP contribution in [-0.4, -0.2) is 10.1 Å². The maximum atomic E-state index is 9.27. The van der Waals surface area contributed by atoms with Crippen molar-refractivity contribution < 1.29 is 5.11 Å². The van der Waals surface area contributed by atoms with Crippen molar-refractivity contribution in [2.75, 3.05) is 5.73 Å². The third kappa shape index (κ3) is 1.56. The number of nitrogen functional groups attached to an aromatic ring is 1. The molecular weight excluding hydrogens is 140 g/mol. The molecule has 1 atom stereocenters. The average Bonchev–Trinajstić information content (AvgIpc) is 2.04. The molecular formula is C8H10N2O. The second-order valence-corrected chi connectivity index (χ2v) is 2.19. The number of hydrogen-bond donors (Lipinski definition) is 2. The molecule has 1 unspecified atom stereocenters. The number of aliphatic hydroxyl groups is 1. The standard InChI is InChI=1S/C8H10N2O/c1-2-8(11)6-5-10-4-3-7(6)9/h2-5,8,11H,1H2,(H2,9,10). The topological polar surface area (TPSA) is 59.1 Å². The van der Waals surface area contributed by atoms with Crippen molar-refractivity contribution in [3.05, 3.63) is 36.7 Å². The summed E-state index contributed by atoms with van der Waals surface area (Å²) in [6.07, 6.45) is 3.80. The van der Waals surface area contributed by atoms with E-state index in [1.165, 1.54) is 12.3 Å². The van der Waals surface area contributed by atoms with Crippen LogP contribution in [0.5, 0.6) is 0 Å². The van der Waals surface area contributed by atoms with E-state index in [1.807, 2.05) is 0 Å². The number of aliphatic hydroxyl groups excluding tert-OH is 1. The van der Waals surface area contributed by atoms with E-state index >= 15 is 0 Å². The van der Waals surface area contributed by atoms with Gasteiger partial charge in [0.15, 0.2) is 0 Å². The van der Waals surface area contributed by atoms with E-state index < -0.39 is 6.10 Å². The van der Waals surface area contributed by atoms with Gasteiger partial charge in [-0.1, -0.05) is 6.08 Å². The Morgan fingerprint density at radius 1 is 1.73 bits per heavy atom. The first-order valence-electron chi connectivity index (χ1n) is 3.25. The number of rotatable bonds is 2. The smallest absolute Gasteiger partial charge is 0.100 e. The molecule has 0 aliphatic carbocycles. The highest BCUT2D eigenvalue weighted by Crippen LogP contribution is 2.18. The lowest BCUT2D eigenvalue weighted by Crippen LogP contribution is -1.99. The van der Waals surface area contributed by atoms with Crippen LogP contribution in [0.15, 0.2) is 31.1 Å². The van der Waals surface area contributed by atoms with Gasteiger partial charge in [0.25, 0.3) is 0 Å². The third-order valence-corrected chi connectivity index (χ3v) is 1.43. The van der Waals surface area contributed by atoms with Gasteiger partial charge in [-0.2, -0.15) is 0 Å². The quantitative estimate of drug-likeness (QED) is 0.615. The predicted octanol–water partition coefficient (Wildman–Crippen LogP) is 0.883. The summed E-state index contributed by atoms with van der Waals surface area (Å²) in [6.45, 7) is 3.44. The molecule has 0 aliphatic heterocycles. The van der Waals surface area contributed by atoms with E-state index in [2.05, 4.69) is 11.6 Å². The number of nitrogens with zero attached hydrogens (tertiary/aromatic N) is 1. The Morgan fingerprint density at radius 2 is 2.45 bits per heavy atom. The lowest BCUT2D eigenvalue weighted by molar-refractivity contribution is 0.229. The maximum Gasteiger partial charge on any atom is 0.100 e. The monoisotopic (exact) mass is 150 g/mol. The van der Waals surface area contributed by atoms with E-state index in [1.54, 1.807) is 12.3 Å². The van der Waals surface area contributed by atoms with Crippen LogP contribution in [0.1, 0.15) is 11.7 Å². The zero-order valence-corrected chi connectivity index (χ0v) is 6.07. The fraction of sp³-hybridized carbons (Fsp3) is 0.125. The maximum absolute atomic E-state index is 9.27. The summed E-state index contributed by atoms with van der Waals surface area (Å²) in [5, 5.41) is 9.27. The number of aromatic nitrogens is 1. The highest BCUT2D eigenvalue weighted by atomic mass is 16.3. The van der Waals surface area contributed by atoms with E-state index in [0.29, 0.717) is 11.3 Å². The van der Waals surface area contributed by atoms with E-state index in [0.717, 1.165) is 0 Å². The fourth-order valence-electron chi connectivity index (χ4n) is 0.792. The molecule has 0 saturated heterocycles. The number of nitrogens with two attached hydrogens (primary N) is 1. The molecule has 0 radical (unpaired) electrons. The van der Waals surface area contributed by atoms with Gasteiger partial charge in [-0.25, -0.2) is 0 Å². The molecule has 1 rings (SSSR count). The van der Waals surface area contributed by atoms with Gasteiger partial charge in [0.2, 0.25) is 0 Å². The molecule has 1 aromatic heterocycles. The molecule has 1 aromatic rings. The Morgan fingerprint density at radius 3 is 3.00 bits per heavy atom. The highest BCUT2D eigenvalue weighted by molar-refractivity contribution is 5.46. The van der Waals surface area contributed by atoms with Crippen LogP contribution >= 0.6 is 0 Å². The van der Waals surface area contributed by atoms with E-state index in [9.17, 15) is 5.11 Å². The predicted molar refractivity (Wildman–Crippen MR) is 43.8 cm³/mol. The lowest BCUT2D eigenvalue weighted by Gasteiger charge is -2.06. The van der Waals surface area contributed by atoms with Gasteiger partial charge in [0, 0.05) is 23.6 Å². The number of anilines is 1. The molecule has 0 saturated carbocycles. The minimum atomic E-state index is -0.719.